The fourth-order valence-electron chi connectivity index (χ4n) is 3.18. The summed E-state index contributed by atoms with van der Waals surface area (Å²) in [6, 6.07) is 12.7. The number of ether oxygens (including phenoxy) is 1. The largest absolute Gasteiger partial charge is 0.379 e. The molecule has 4 heteroatoms. The van der Waals surface area contributed by atoms with Crippen LogP contribution in [0.1, 0.15) is 35.8 Å². The number of hydrogen-bond acceptors (Lipinski definition) is 3. The minimum absolute atomic E-state index is 0.0595. The predicted molar refractivity (Wildman–Crippen MR) is 92.6 cm³/mol. The summed E-state index contributed by atoms with van der Waals surface area (Å²) in [6.07, 6.45) is 0. The van der Waals surface area contributed by atoms with Crippen LogP contribution in [0.2, 0.25) is 0 Å². The monoisotopic (exact) mass is 327 g/mol. The molecule has 0 radical (unpaired) electrons. The molecule has 2 aromatic carbocycles. The van der Waals surface area contributed by atoms with Gasteiger partial charge in [-0.25, -0.2) is 4.39 Å². The summed E-state index contributed by atoms with van der Waals surface area (Å²) < 4.78 is 19.0. The summed E-state index contributed by atoms with van der Waals surface area (Å²) in [5, 5.41) is 0. The van der Waals surface area contributed by atoms with Crippen molar-refractivity contribution in [3.8, 4) is 11.1 Å². The molecule has 126 valence electrons. The maximum absolute atomic E-state index is 13.6. The van der Waals surface area contributed by atoms with Crippen LogP contribution in [0.25, 0.3) is 11.1 Å². The molecule has 1 aliphatic rings. The highest BCUT2D eigenvalue weighted by molar-refractivity contribution is 6.00. The van der Waals surface area contributed by atoms with Gasteiger partial charge in [0, 0.05) is 24.7 Å². The molecule has 3 rings (SSSR count). The Morgan fingerprint density at radius 3 is 2.42 bits per heavy atom. The number of halogens is 1. The third-order valence-electron chi connectivity index (χ3n) is 4.66. The Morgan fingerprint density at radius 2 is 1.79 bits per heavy atom. The average Bonchev–Trinajstić information content (AvgIpc) is 2.61. The van der Waals surface area contributed by atoms with Crippen LogP contribution in [0.5, 0.6) is 0 Å². The van der Waals surface area contributed by atoms with Gasteiger partial charge in [0.1, 0.15) is 5.82 Å². The van der Waals surface area contributed by atoms with E-state index in [4.69, 9.17) is 4.74 Å². The van der Waals surface area contributed by atoms with Gasteiger partial charge in [-0.15, -0.1) is 0 Å². The summed E-state index contributed by atoms with van der Waals surface area (Å²) in [6.45, 7) is 7.10. The topological polar surface area (TPSA) is 29.5 Å². The maximum atomic E-state index is 13.6. The van der Waals surface area contributed by atoms with Gasteiger partial charge in [-0.2, -0.15) is 0 Å². The predicted octanol–water partition coefficient (Wildman–Crippen LogP) is 4.09. The van der Waals surface area contributed by atoms with Crippen molar-refractivity contribution in [1.29, 1.82) is 0 Å². The summed E-state index contributed by atoms with van der Waals surface area (Å²) in [7, 11) is 0. The number of hydrogen-bond donors (Lipinski definition) is 0. The molecule has 0 spiro atoms. The number of benzene rings is 2. The van der Waals surface area contributed by atoms with Crippen LogP contribution in [-0.4, -0.2) is 37.0 Å². The fourth-order valence-corrected chi connectivity index (χ4v) is 3.18. The molecule has 1 atom stereocenters. The van der Waals surface area contributed by atoms with E-state index in [0.717, 1.165) is 31.9 Å². The Bertz CT molecular complexity index is 721. The average molecular weight is 327 g/mol. The van der Waals surface area contributed by atoms with Gasteiger partial charge in [-0.1, -0.05) is 24.3 Å². The third-order valence-corrected chi connectivity index (χ3v) is 4.66. The van der Waals surface area contributed by atoms with Crippen LogP contribution in [0.3, 0.4) is 0 Å². The lowest BCUT2D eigenvalue weighted by atomic mass is 9.95. The molecular formula is C20H22FNO2. The second kappa shape index (κ2) is 7.24. The Labute approximate surface area is 142 Å². The van der Waals surface area contributed by atoms with E-state index in [0.29, 0.717) is 17.2 Å². The summed E-state index contributed by atoms with van der Waals surface area (Å²) in [4.78, 5) is 14.2. The van der Waals surface area contributed by atoms with Crippen molar-refractivity contribution in [1.82, 2.24) is 4.90 Å². The molecule has 0 bridgehead atoms. The van der Waals surface area contributed by atoms with Crippen LogP contribution in [0.4, 0.5) is 4.39 Å². The second-order valence-corrected chi connectivity index (χ2v) is 6.19. The normalized spacial score (nSPS) is 16.8. The van der Waals surface area contributed by atoms with E-state index in [1.54, 1.807) is 6.07 Å². The third kappa shape index (κ3) is 3.55. The quantitative estimate of drug-likeness (QED) is 0.792. The molecule has 1 unspecified atom stereocenters. The van der Waals surface area contributed by atoms with Crippen molar-refractivity contribution in [3.05, 3.63) is 59.4 Å². The second-order valence-electron chi connectivity index (χ2n) is 6.19. The Hall–Kier alpha value is -2.04. The Kier molecular flexibility index (Phi) is 5.07. The van der Waals surface area contributed by atoms with Crippen LogP contribution >= 0.6 is 0 Å². The van der Waals surface area contributed by atoms with E-state index in [-0.39, 0.29) is 11.6 Å². The zero-order chi connectivity index (χ0) is 17.1. The number of ketones is 1. The molecule has 0 aliphatic carbocycles. The van der Waals surface area contributed by atoms with Gasteiger partial charge in [0.2, 0.25) is 0 Å². The van der Waals surface area contributed by atoms with Crippen LogP contribution in [0.15, 0.2) is 42.5 Å². The zero-order valence-corrected chi connectivity index (χ0v) is 14.1. The van der Waals surface area contributed by atoms with E-state index in [1.165, 1.54) is 24.6 Å². The number of nitrogens with zero attached hydrogens (tertiary/aromatic N) is 1. The highest BCUT2D eigenvalue weighted by Gasteiger charge is 2.18. The van der Waals surface area contributed by atoms with E-state index < -0.39 is 0 Å². The molecule has 0 amide bonds. The highest BCUT2D eigenvalue weighted by Crippen LogP contribution is 2.28. The first kappa shape index (κ1) is 16.8. The van der Waals surface area contributed by atoms with Crippen molar-refractivity contribution < 1.29 is 13.9 Å². The standard InChI is InChI=1S/C20H22FNO2/c1-14(22-9-11-24-12-10-22)16-3-5-17(6-4-16)20-13-18(21)7-8-19(20)15(2)23/h3-8,13-14H,9-12H2,1-2H3. The highest BCUT2D eigenvalue weighted by atomic mass is 19.1. The molecule has 0 saturated carbocycles. The van der Waals surface area contributed by atoms with Gasteiger partial charge < -0.3 is 4.74 Å². The smallest absolute Gasteiger partial charge is 0.160 e. The lowest BCUT2D eigenvalue weighted by molar-refractivity contribution is 0.0198. The minimum atomic E-state index is -0.333. The zero-order valence-electron chi connectivity index (χ0n) is 14.1. The van der Waals surface area contributed by atoms with E-state index >= 15 is 0 Å². The van der Waals surface area contributed by atoms with Crippen molar-refractivity contribution in [2.75, 3.05) is 26.3 Å². The fraction of sp³-hybridized carbons (Fsp3) is 0.350. The van der Waals surface area contributed by atoms with Gasteiger partial charge in [-0.05, 0) is 48.7 Å². The molecule has 24 heavy (non-hydrogen) atoms. The Morgan fingerprint density at radius 1 is 1.12 bits per heavy atom. The number of Topliss-reactive ketones (excluding diaryl/α,β-unsaturated/α-hetero) is 1. The maximum Gasteiger partial charge on any atom is 0.160 e. The van der Waals surface area contributed by atoms with Gasteiger partial charge in [0.05, 0.1) is 13.2 Å². The van der Waals surface area contributed by atoms with Crippen molar-refractivity contribution in [2.24, 2.45) is 0 Å². The number of carbonyl (C=O) groups excluding carboxylic acids is 1. The lowest BCUT2D eigenvalue weighted by Crippen LogP contribution is -2.37. The molecule has 1 saturated heterocycles. The number of morpholine rings is 1. The van der Waals surface area contributed by atoms with Crippen molar-refractivity contribution in [3.63, 3.8) is 0 Å². The number of carbonyl (C=O) groups is 1. The van der Waals surface area contributed by atoms with E-state index in [1.807, 2.05) is 12.1 Å². The van der Waals surface area contributed by atoms with Crippen LogP contribution < -0.4 is 0 Å². The summed E-state index contributed by atoms with van der Waals surface area (Å²) >= 11 is 0. The molecule has 1 heterocycles. The Balaban J connectivity index is 1.87. The molecule has 0 aromatic heterocycles. The molecule has 2 aromatic rings. The molecule has 1 aliphatic heterocycles. The first-order chi connectivity index (χ1) is 11.6. The van der Waals surface area contributed by atoms with Gasteiger partial charge in [-0.3, -0.25) is 9.69 Å². The van der Waals surface area contributed by atoms with E-state index in [9.17, 15) is 9.18 Å². The van der Waals surface area contributed by atoms with Crippen LogP contribution in [0, 0.1) is 5.82 Å². The molecule has 0 N–H and O–H groups in total. The summed E-state index contributed by atoms with van der Waals surface area (Å²) in [5.41, 5.74) is 3.26. The summed E-state index contributed by atoms with van der Waals surface area (Å²) in [5.74, 6) is -0.392. The molecular weight excluding hydrogens is 305 g/mol. The van der Waals surface area contributed by atoms with Crippen molar-refractivity contribution >= 4 is 5.78 Å². The van der Waals surface area contributed by atoms with Crippen molar-refractivity contribution in [2.45, 2.75) is 19.9 Å². The van der Waals surface area contributed by atoms with Gasteiger partial charge >= 0.3 is 0 Å². The first-order valence-electron chi connectivity index (χ1n) is 8.29. The SMILES string of the molecule is CC(=O)c1ccc(F)cc1-c1ccc(C(C)N2CCOCC2)cc1. The molecule has 3 nitrogen and oxygen atoms in total. The first-order valence-corrected chi connectivity index (χ1v) is 8.29. The van der Waals surface area contributed by atoms with Gasteiger partial charge in [0.15, 0.2) is 5.78 Å². The molecule has 1 fully saturated rings. The lowest BCUT2D eigenvalue weighted by Gasteiger charge is -2.32. The van der Waals surface area contributed by atoms with Crippen LogP contribution in [-0.2, 0) is 4.74 Å². The number of rotatable bonds is 4. The van der Waals surface area contributed by atoms with E-state index in [2.05, 4.69) is 24.0 Å². The minimum Gasteiger partial charge on any atom is -0.379 e. The van der Waals surface area contributed by atoms with Gasteiger partial charge in [0.25, 0.3) is 0 Å².